The maximum Gasteiger partial charge on any atom is 0.138 e. The van der Waals surface area contributed by atoms with Gasteiger partial charge in [-0.2, -0.15) is 0 Å². The summed E-state index contributed by atoms with van der Waals surface area (Å²) >= 11 is 0. The molecule has 0 aromatic heterocycles. The second-order valence-corrected chi connectivity index (χ2v) is 14.2. The van der Waals surface area contributed by atoms with E-state index in [-0.39, 0.29) is 21.7 Å². The molecule has 0 aromatic rings. The van der Waals surface area contributed by atoms with E-state index < -0.39 is 0 Å². The molecule has 0 spiro atoms. The minimum atomic E-state index is -0.176. The number of ketones is 1. The van der Waals surface area contributed by atoms with Gasteiger partial charge in [0.1, 0.15) is 12.1 Å². The number of Topliss-reactive ketones (excluding diaryl/α,β-unsaturated/α-hetero) is 1. The third-order valence-corrected chi connectivity index (χ3v) is 12.8. The fraction of sp³-hybridized carbons (Fsp3) is 0.867. The normalized spacial score (nSPS) is 51.9. The second-order valence-electron chi connectivity index (χ2n) is 14.2. The van der Waals surface area contributed by atoms with Gasteiger partial charge in [-0.05, 0) is 97.2 Å². The Morgan fingerprint density at radius 2 is 1.62 bits per heavy atom. The van der Waals surface area contributed by atoms with Crippen molar-refractivity contribution < 1.29 is 9.59 Å². The molecule has 5 rings (SSSR count). The lowest BCUT2D eigenvalue weighted by Crippen LogP contribution is -2.66. The summed E-state index contributed by atoms with van der Waals surface area (Å²) in [6.07, 6.45) is 13.9. The molecule has 4 fully saturated rings. The van der Waals surface area contributed by atoms with Gasteiger partial charge in [-0.1, -0.05) is 60.1 Å². The first-order valence-electron chi connectivity index (χ1n) is 13.6. The summed E-state index contributed by atoms with van der Waals surface area (Å²) in [5.74, 6) is 3.31. The van der Waals surface area contributed by atoms with Gasteiger partial charge in [0.05, 0.1) is 0 Å². The third kappa shape index (κ3) is 2.54. The highest BCUT2D eigenvalue weighted by Gasteiger charge is 2.70. The van der Waals surface area contributed by atoms with E-state index in [0.29, 0.717) is 40.8 Å². The monoisotopic (exact) mass is 438 g/mol. The lowest BCUT2D eigenvalue weighted by molar-refractivity contribution is -0.227. The van der Waals surface area contributed by atoms with Crippen molar-refractivity contribution in [3.05, 3.63) is 11.6 Å². The van der Waals surface area contributed by atoms with Crippen molar-refractivity contribution in [3.8, 4) is 0 Å². The van der Waals surface area contributed by atoms with Gasteiger partial charge < -0.3 is 4.79 Å². The van der Waals surface area contributed by atoms with Crippen LogP contribution >= 0.6 is 0 Å². The van der Waals surface area contributed by atoms with Crippen molar-refractivity contribution in [2.24, 2.45) is 56.7 Å². The number of carbonyl (C=O) groups excluding carboxylic acids is 2. The van der Waals surface area contributed by atoms with Gasteiger partial charge >= 0.3 is 0 Å². The van der Waals surface area contributed by atoms with Crippen LogP contribution in [0, 0.1) is 56.7 Å². The summed E-state index contributed by atoms with van der Waals surface area (Å²) in [6.45, 7) is 17.0. The fourth-order valence-electron chi connectivity index (χ4n) is 10.8. The molecular formula is C30H46O2. The molecule has 0 aliphatic heterocycles. The minimum Gasteiger partial charge on any atom is -0.303 e. The van der Waals surface area contributed by atoms with E-state index in [2.05, 4.69) is 54.5 Å². The molecule has 4 saturated carbocycles. The molecule has 0 aromatic carbocycles. The molecule has 0 radical (unpaired) electrons. The molecule has 5 aliphatic rings. The third-order valence-electron chi connectivity index (χ3n) is 12.8. The molecule has 0 bridgehead atoms. The van der Waals surface area contributed by atoms with Crippen molar-refractivity contribution in [3.63, 3.8) is 0 Å². The van der Waals surface area contributed by atoms with E-state index in [4.69, 9.17) is 0 Å². The van der Waals surface area contributed by atoms with Crippen LogP contribution in [0.25, 0.3) is 0 Å². The molecule has 0 N–H and O–H groups in total. The predicted molar refractivity (Wildman–Crippen MR) is 130 cm³/mol. The van der Waals surface area contributed by atoms with Crippen LogP contribution in [-0.2, 0) is 9.59 Å². The van der Waals surface area contributed by atoms with Crippen LogP contribution in [0.1, 0.15) is 106 Å². The minimum absolute atomic E-state index is 0.132. The van der Waals surface area contributed by atoms with E-state index >= 15 is 0 Å². The zero-order valence-electron chi connectivity index (χ0n) is 21.7. The zero-order valence-corrected chi connectivity index (χ0v) is 21.7. The first-order chi connectivity index (χ1) is 14.9. The van der Waals surface area contributed by atoms with Crippen LogP contribution in [0.4, 0.5) is 0 Å². The van der Waals surface area contributed by atoms with Crippen molar-refractivity contribution in [1.82, 2.24) is 0 Å². The van der Waals surface area contributed by atoms with Crippen molar-refractivity contribution in [2.45, 2.75) is 106 Å². The molecule has 8 unspecified atom stereocenters. The van der Waals surface area contributed by atoms with Crippen LogP contribution in [0.5, 0.6) is 0 Å². The average Bonchev–Trinajstić information content (AvgIpc) is 3.12. The topological polar surface area (TPSA) is 34.1 Å². The van der Waals surface area contributed by atoms with Gasteiger partial charge in [-0.15, -0.1) is 0 Å². The number of fused-ring (bicyclic) bond motifs is 7. The summed E-state index contributed by atoms with van der Waals surface area (Å²) in [4.78, 5) is 25.4. The number of rotatable bonds is 2. The Kier molecular flexibility index (Phi) is 4.87. The van der Waals surface area contributed by atoms with E-state index in [1.807, 2.05) is 0 Å². The van der Waals surface area contributed by atoms with E-state index in [0.717, 1.165) is 25.7 Å². The Balaban J connectivity index is 1.56. The summed E-state index contributed by atoms with van der Waals surface area (Å²) in [5, 5.41) is 0. The molecule has 2 nitrogen and oxygen atoms in total. The Hall–Kier alpha value is -0.920. The zero-order chi connectivity index (χ0) is 23.3. The first kappa shape index (κ1) is 22.9. The van der Waals surface area contributed by atoms with E-state index in [1.165, 1.54) is 38.4 Å². The fourth-order valence-corrected chi connectivity index (χ4v) is 10.8. The maximum absolute atomic E-state index is 12.9. The maximum atomic E-state index is 12.9. The van der Waals surface area contributed by atoms with Gasteiger partial charge in [0.2, 0.25) is 0 Å². The van der Waals surface area contributed by atoms with Gasteiger partial charge in [0.25, 0.3) is 0 Å². The van der Waals surface area contributed by atoms with E-state index in [1.54, 1.807) is 5.57 Å². The highest BCUT2D eigenvalue weighted by atomic mass is 16.1. The van der Waals surface area contributed by atoms with Crippen LogP contribution in [-0.4, -0.2) is 12.1 Å². The number of aldehydes is 1. The number of allylic oxidation sites excluding steroid dienone is 2. The molecule has 32 heavy (non-hydrogen) atoms. The van der Waals surface area contributed by atoms with Crippen molar-refractivity contribution >= 4 is 12.1 Å². The molecule has 5 aliphatic carbocycles. The highest BCUT2D eigenvalue weighted by Crippen LogP contribution is 2.76. The first-order valence-corrected chi connectivity index (χ1v) is 13.6. The quantitative estimate of drug-likeness (QED) is 0.332. The van der Waals surface area contributed by atoms with Gasteiger partial charge in [-0.25, -0.2) is 0 Å². The second kappa shape index (κ2) is 6.82. The Morgan fingerprint density at radius 1 is 0.906 bits per heavy atom. The largest absolute Gasteiger partial charge is 0.303 e. The molecule has 178 valence electrons. The number of hydrogen-bond acceptors (Lipinski definition) is 2. The molecule has 0 saturated heterocycles. The van der Waals surface area contributed by atoms with Gasteiger partial charge in [0, 0.05) is 17.3 Å². The predicted octanol–water partition coefficient (Wildman–Crippen LogP) is 7.41. The Labute approximate surface area is 196 Å². The number of carbonyl (C=O) groups is 2. The van der Waals surface area contributed by atoms with E-state index in [9.17, 15) is 9.59 Å². The standard InChI is InChI=1S/C30H46O2/c1-19(2)20-10-15-30(18-31)17-16-28(6)21(25(20)30)8-9-23-27(5)13-12-24(32)26(3,4)22(27)11-14-29(23,28)7/h10,18-19,21-23,25H,8-9,11-17H2,1-7H3. The van der Waals surface area contributed by atoms with Crippen LogP contribution in [0.15, 0.2) is 11.6 Å². The average molecular weight is 439 g/mol. The summed E-state index contributed by atoms with van der Waals surface area (Å²) < 4.78 is 0. The summed E-state index contributed by atoms with van der Waals surface area (Å²) in [6, 6.07) is 0. The van der Waals surface area contributed by atoms with Gasteiger partial charge in [0.15, 0.2) is 0 Å². The van der Waals surface area contributed by atoms with Crippen LogP contribution in [0.2, 0.25) is 0 Å². The van der Waals surface area contributed by atoms with Crippen LogP contribution < -0.4 is 0 Å². The number of hydrogen-bond donors (Lipinski definition) is 0. The Bertz CT molecular complexity index is 866. The molecule has 8 atom stereocenters. The lowest BCUT2D eigenvalue weighted by Gasteiger charge is -2.72. The highest BCUT2D eigenvalue weighted by molar-refractivity contribution is 5.85. The van der Waals surface area contributed by atoms with Crippen molar-refractivity contribution in [2.75, 3.05) is 0 Å². The molecule has 0 amide bonds. The lowest BCUT2D eigenvalue weighted by atomic mass is 9.32. The SMILES string of the molecule is CC(C)C1=CCC2(C=O)CCC3(C)C(CCC4C5(C)CCC(=O)C(C)(C)C5CCC43C)C12. The smallest absolute Gasteiger partial charge is 0.138 e. The van der Waals surface area contributed by atoms with Crippen LogP contribution in [0.3, 0.4) is 0 Å². The molecule has 0 heterocycles. The van der Waals surface area contributed by atoms with Gasteiger partial charge in [-0.3, -0.25) is 4.79 Å². The molecule has 2 heteroatoms. The Morgan fingerprint density at radius 3 is 2.28 bits per heavy atom. The summed E-state index contributed by atoms with van der Waals surface area (Å²) in [5.41, 5.74) is 2.13. The van der Waals surface area contributed by atoms with Crippen molar-refractivity contribution in [1.29, 1.82) is 0 Å². The summed E-state index contributed by atoms with van der Waals surface area (Å²) in [7, 11) is 0. The molecular weight excluding hydrogens is 392 g/mol.